The van der Waals surface area contributed by atoms with Crippen LogP contribution in [0.4, 0.5) is 0 Å². The van der Waals surface area contributed by atoms with E-state index in [9.17, 15) is 8.42 Å². The Hall–Kier alpha value is -0.913. The molecule has 6 nitrogen and oxygen atoms in total. The van der Waals surface area contributed by atoms with Crippen LogP contribution < -0.4 is 0 Å². The second-order valence-electron chi connectivity index (χ2n) is 9.95. The lowest BCUT2D eigenvalue weighted by atomic mass is 10.1. The van der Waals surface area contributed by atoms with E-state index in [2.05, 4.69) is 75.1 Å². The van der Waals surface area contributed by atoms with Gasteiger partial charge in [-0.05, 0) is 77.5 Å². The Balaban J connectivity index is 2.00. The highest BCUT2D eigenvalue weighted by molar-refractivity contribution is 14.1. The molecule has 1 aromatic rings. The van der Waals surface area contributed by atoms with Crippen LogP contribution >= 0.6 is 22.6 Å². The fourth-order valence-corrected chi connectivity index (χ4v) is 11.9. The van der Waals surface area contributed by atoms with Crippen molar-refractivity contribution in [3.8, 4) is 0 Å². The Morgan fingerprint density at radius 1 is 1.06 bits per heavy atom. The number of nitrogens with zero attached hydrogens (tertiary/aromatic N) is 1. The van der Waals surface area contributed by atoms with Crippen molar-refractivity contribution in [3.63, 3.8) is 0 Å². The van der Waals surface area contributed by atoms with E-state index in [1.165, 1.54) is 12.1 Å². The maximum Gasteiger partial charge on any atom is 0.401 e. The van der Waals surface area contributed by atoms with Crippen LogP contribution in [0.2, 0.25) is 16.6 Å². The summed E-state index contributed by atoms with van der Waals surface area (Å²) < 4.78 is 48.1. The van der Waals surface area contributed by atoms with E-state index in [0.717, 1.165) is 28.6 Å². The largest absolute Gasteiger partial charge is 0.442 e. The molecule has 1 aliphatic heterocycles. The molecule has 0 bridgehead atoms. The van der Waals surface area contributed by atoms with Crippen LogP contribution in [0.3, 0.4) is 0 Å². The predicted molar refractivity (Wildman–Crippen MR) is 150 cm³/mol. The third kappa shape index (κ3) is 7.07. The van der Waals surface area contributed by atoms with E-state index in [1.54, 1.807) is 12.1 Å². The number of hydrogen-bond acceptors (Lipinski definition) is 5. The van der Waals surface area contributed by atoms with Crippen LogP contribution in [-0.4, -0.2) is 41.6 Å². The summed E-state index contributed by atoms with van der Waals surface area (Å²) in [6.45, 7) is 20.3. The molecule has 192 valence electrons. The molecule has 0 aromatic heterocycles. The van der Waals surface area contributed by atoms with Gasteiger partial charge in [-0.2, -0.15) is 8.42 Å². The smallest absolute Gasteiger partial charge is 0.401 e. The normalized spacial score (nSPS) is 20.3. The van der Waals surface area contributed by atoms with Gasteiger partial charge in [-0.3, -0.25) is 0 Å². The molecule has 0 unspecified atom stereocenters. The summed E-state index contributed by atoms with van der Waals surface area (Å²) >= 11 is 2.10. The number of sulfonamides is 1. The van der Waals surface area contributed by atoms with Gasteiger partial charge in [0.15, 0.2) is 14.4 Å². The number of rotatable bonds is 12. The van der Waals surface area contributed by atoms with Gasteiger partial charge in [0.2, 0.25) is 0 Å². The van der Waals surface area contributed by atoms with Crippen molar-refractivity contribution in [1.82, 2.24) is 0 Å². The molecule has 0 saturated carbocycles. The highest BCUT2D eigenvalue weighted by Gasteiger charge is 2.45. The molecule has 2 atom stereocenters. The standard InChI is InChI=1S/C25H40INO5SSi/c1-17(2)34(18(3)4,19(5)6)30-16-10-9-11-23-24(21(8)26)32-25(31-23)27-33(28,29)22-14-12-20(7)13-15-22/h12-15,17-19,23-24H,8-11,16H2,1-7H3/b27-25+/t23-,24-/m1/s1. The Bertz CT molecular complexity index is 938. The minimum atomic E-state index is -3.91. The molecule has 9 heteroatoms. The number of ether oxygens (including phenoxy) is 2. The summed E-state index contributed by atoms with van der Waals surface area (Å²) in [5.41, 5.74) is 2.64. The van der Waals surface area contributed by atoms with Crippen molar-refractivity contribution in [2.24, 2.45) is 4.40 Å². The summed E-state index contributed by atoms with van der Waals surface area (Å²) in [7, 11) is -5.78. The number of halogens is 1. The quantitative estimate of drug-likeness (QED) is 0.141. The molecule has 1 aliphatic rings. The van der Waals surface area contributed by atoms with Crippen LogP contribution in [-0.2, 0) is 23.9 Å². The first-order chi connectivity index (χ1) is 15.8. The Morgan fingerprint density at radius 3 is 2.12 bits per heavy atom. The van der Waals surface area contributed by atoms with E-state index < -0.39 is 24.4 Å². The maximum atomic E-state index is 12.7. The van der Waals surface area contributed by atoms with E-state index in [1.807, 2.05) is 6.92 Å². The van der Waals surface area contributed by atoms with Gasteiger partial charge in [0.25, 0.3) is 10.0 Å². The van der Waals surface area contributed by atoms with Crippen LogP contribution in [0.15, 0.2) is 43.7 Å². The molecule has 0 aliphatic carbocycles. The highest BCUT2D eigenvalue weighted by Crippen LogP contribution is 2.42. The molecule has 1 saturated heterocycles. The highest BCUT2D eigenvalue weighted by atomic mass is 127. The average molecular weight is 622 g/mol. The lowest BCUT2D eigenvalue weighted by Gasteiger charge is -2.42. The second kappa shape index (κ2) is 12.4. The maximum absolute atomic E-state index is 12.7. The van der Waals surface area contributed by atoms with Crippen molar-refractivity contribution in [1.29, 1.82) is 0 Å². The number of hydrogen-bond donors (Lipinski definition) is 0. The third-order valence-electron chi connectivity index (χ3n) is 6.58. The van der Waals surface area contributed by atoms with Gasteiger partial charge in [0, 0.05) is 10.2 Å². The summed E-state index contributed by atoms with van der Waals surface area (Å²) in [6, 6.07) is 6.54. The lowest BCUT2D eigenvalue weighted by Crippen LogP contribution is -2.47. The predicted octanol–water partition coefficient (Wildman–Crippen LogP) is 7.13. The van der Waals surface area contributed by atoms with Crippen molar-refractivity contribution in [2.45, 2.75) is 101 Å². The monoisotopic (exact) mass is 621 g/mol. The van der Waals surface area contributed by atoms with Crippen LogP contribution in [0.25, 0.3) is 0 Å². The zero-order valence-corrected chi connectivity index (χ0v) is 25.5. The van der Waals surface area contributed by atoms with Crippen molar-refractivity contribution in [2.75, 3.05) is 6.61 Å². The number of benzene rings is 1. The second-order valence-corrected chi connectivity index (χ2v) is 18.4. The van der Waals surface area contributed by atoms with Gasteiger partial charge < -0.3 is 13.9 Å². The lowest BCUT2D eigenvalue weighted by molar-refractivity contribution is 0.170. The first-order valence-electron chi connectivity index (χ1n) is 12.0. The van der Waals surface area contributed by atoms with Gasteiger partial charge >= 0.3 is 6.08 Å². The Morgan fingerprint density at radius 2 is 1.62 bits per heavy atom. The zero-order valence-electron chi connectivity index (χ0n) is 21.5. The average Bonchev–Trinajstić information content (AvgIpc) is 3.12. The molecule has 0 N–H and O–H groups in total. The molecule has 1 aromatic carbocycles. The van der Waals surface area contributed by atoms with Crippen molar-refractivity contribution >= 4 is 47.0 Å². The van der Waals surface area contributed by atoms with Crippen molar-refractivity contribution < 1.29 is 22.3 Å². The molecule has 0 spiro atoms. The van der Waals surface area contributed by atoms with Gasteiger partial charge in [-0.15, -0.1) is 0 Å². The van der Waals surface area contributed by atoms with Gasteiger partial charge in [-0.25, -0.2) is 0 Å². The van der Waals surface area contributed by atoms with Crippen molar-refractivity contribution in [3.05, 3.63) is 40.0 Å². The molecule has 34 heavy (non-hydrogen) atoms. The SMILES string of the molecule is C=C(I)[C@H]1O/C(=N/S(=O)(=O)c2ccc(C)cc2)O[C@@H]1CCCCO[Si](C(C)C)(C(C)C)C(C)C. The van der Waals surface area contributed by atoms with Gasteiger partial charge in [0.05, 0.1) is 4.90 Å². The molecular weight excluding hydrogens is 581 g/mol. The first kappa shape index (κ1) is 29.3. The van der Waals surface area contributed by atoms with E-state index in [-0.39, 0.29) is 17.1 Å². The minimum Gasteiger partial charge on any atom is -0.442 e. The molecule has 1 fully saturated rings. The van der Waals surface area contributed by atoms with Crippen LogP contribution in [0.1, 0.15) is 66.4 Å². The molecule has 1 heterocycles. The topological polar surface area (TPSA) is 74.2 Å². The summed E-state index contributed by atoms with van der Waals surface area (Å²) in [4.78, 5) is 0.108. The first-order valence-corrected chi connectivity index (χ1v) is 16.7. The Labute approximate surface area is 220 Å². The number of unbranched alkanes of at least 4 members (excludes halogenated alkanes) is 1. The molecule has 0 radical (unpaired) electrons. The van der Waals surface area contributed by atoms with Crippen LogP contribution in [0.5, 0.6) is 0 Å². The van der Waals surface area contributed by atoms with E-state index in [0.29, 0.717) is 23.0 Å². The summed E-state index contributed by atoms with van der Waals surface area (Å²) in [5, 5.41) is 0. The van der Waals surface area contributed by atoms with Gasteiger partial charge in [-0.1, -0.05) is 70.2 Å². The van der Waals surface area contributed by atoms with E-state index >= 15 is 0 Å². The summed E-state index contributed by atoms with van der Waals surface area (Å²) in [5.74, 6) is 0. The number of aryl methyl sites for hydroxylation is 1. The summed E-state index contributed by atoms with van der Waals surface area (Å²) in [6.07, 6.45) is 1.54. The molecule has 2 rings (SSSR count). The van der Waals surface area contributed by atoms with Crippen LogP contribution in [0, 0.1) is 6.92 Å². The molecule has 0 amide bonds. The zero-order chi connectivity index (χ0) is 25.7. The van der Waals surface area contributed by atoms with Gasteiger partial charge in [0.1, 0.15) is 6.10 Å². The fraction of sp³-hybridized carbons (Fsp3) is 0.640. The van der Waals surface area contributed by atoms with E-state index in [4.69, 9.17) is 13.9 Å². The third-order valence-corrected chi connectivity index (χ3v) is 14.6. The fourth-order valence-electron chi connectivity index (χ4n) is 4.98. The minimum absolute atomic E-state index is 0.108. The molecular formula is C25H40INO5SSi. The Kier molecular flexibility index (Phi) is 10.7.